The van der Waals surface area contributed by atoms with Gasteiger partial charge < -0.3 is 0 Å². The van der Waals surface area contributed by atoms with Crippen molar-refractivity contribution >= 4 is 12.4 Å². The lowest BCUT2D eigenvalue weighted by atomic mass is 10.1. The Morgan fingerprint density at radius 3 is 2.29 bits per heavy atom. The van der Waals surface area contributed by atoms with E-state index in [-0.39, 0.29) is 5.56 Å². The molecule has 3 nitrogen and oxygen atoms in total. The van der Waals surface area contributed by atoms with Crippen LogP contribution in [0.1, 0.15) is 48.4 Å². The first-order valence-corrected chi connectivity index (χ1v) is 8.08. The zero-order valence-electron chi connectivity index (χ0n) is 13.7. The van der Waals surface area contributed by atoms with Gasteiger partial charge in [-0.25, -0.2) is 4.39 Å². The van der Waals surface area contributed by atoms with Crippen molar-refractivity contribution in [3.8, 4) is 6.07 Å². The second-order valence-electron chi connectivity index (χ2n) is 5.54. The fraction of sp³-hybridized carbons (Fsp3) is 0.250. The summed E-state index contributed by atoms with van der Waals surface area (Å²) in [4.78, 5) is 0. The van der Waals surface area contributed by atoms with Crippen LogP contribution in [0.3, 0.4) is 0 Å². The summed E-state index contributed by atoms with van der Waals surface area (Å²) in [6, 6.07) is 14.4. The van der Waals surface area contributed by atoms with Crippen LogP contribution < -0.4 is 0 Å². The van der Waals surface area contributed by atoms with Gasteiger partial charge in [0.05, 0.1) is 18.0 Å². The van der Waals surface area contributed by atoms with Crippen molar-refractivity contribution in [1.82, 2.24) is 0 Å². The van der Waals surface area contributed by atoms with Gasteiger partial charge >= 0.3 is 0 Å². The number of hydrogen-bond acceptors (Lipinski definition) is 3. The van der Waals surface area contributed by atoms with Crippen LogP contribution in [-0.4, -0.2) is 12.4 Å². The molecule has 2 rings (SSSR count). The fourth-order valence-electron chi connectivity index (χ4n) is 2.25. The number of rotatable bonds is 7. The molecule has 0 atom stereocenters. The van der Waals surface area contributed by atoms with E-state index < -0.39 is 5.82 Å². The first-order chi connectivity index (χ1) is 11.7. The van der Waals surface area contributed by atoms with Crippen molar-refractivity contribution in [2.45, 2.75) is 32.6 Å². The Balaban J connectivity index is 1.91. The molecule has 0 bridgehead atoms. The molecule has 24 heavy (non-hydrogen) atoms. The first kappa shape index (κ1) is 17.6. The molecule has 0 radical (unpaired) electrons. The summed E-state index contributed by atoms with van der Waals surface area (Å²) >= 11 is 0. The Bertz CT molecular complexity index is 755. The lowest BCUT2D eigenvalue weighted by molar-refractivity contribution is 0.623. The Morgan fingerprint density at radius 1 is 1.00 bits per heavy atom. The lowest BCUT2D eigenvalue weighted by Gasteiger charge is -2.00. The van der Waals surface area contributed by atoms with Crippen LogP contribution >= 0.6 is 0 Å². The monoisotopic (exact) mass is 321 g/mol. The van der Waals surface area contributed by atoms with Gasteiger partial charge in [-0.3, -0.25) is 0 Å². The van der Waals surface area contributed by atoms with E-state index in [1.807, 2.05) is 12.1 Å². The van der Waals surface area contributed by atoms with Gasteiger partial charge in [-0.1, -0.05) is 50.1 Å². The van der Waals surface area contributed by atoms with Crippen molar-refractivity contribution in [2.75, 3.05) is 0 Å². The van der Waals surface area contributed by atoms with Crippen molar-refractivity contribution in [3.63, 3.8) is 0 Å². The number of aryl methyl sites for hydroxylation is 1. The molecule has 122 valence electrons. The van der Waals surface area contributed by atoms with Gasteiger partial charge in [-0.15, -0.1) is 0 Å². The Hall–Kier alpha value is -2.80. The van der Waals surface area contributed by atoms with E-state index in [2.05, 4.69) is 29.3 Å². The highest BCUT2D eigenvalue weighted by Crippen LogP contribution is 2.09. The van der Waals surface area contributed by atoms with Gasteiger partial charge in [0.2, 0.25) is 0 Å². The number of benzene rings is 2. The second kappa shape index (κ2) is 9.36. The van der Waals surface area contributed by atoms with Gasteiger partial charge in [0.15, 0.2) is 0 Å². The largest absolute Gasteiger partial charge is 0.206 e. The minimum Gasteiger partial charge on any atom is -0.206 e. The number of nitriles is 1. The molecule has 0 aliphatic heterocycles. The standard InChI is InChI=1S/C20H20FN3/c1-2-3-4-5-16-6-8-17(9-7-16)14-23-24-15-18-10-11-19(13-22)20(21)12-18/h6-12,14-15H,2-5H2,1H3. The van der Waals surface area contributed by atoms with E-state index in [0.29, 0.717) is 5.56 Å². The normalized spacial score (nSPS) is 11.2. The highest BCUT2D eigenvalue weighted by molar-refractivity contribution is 5.82. The van der Waals surface area contributed by atoms with Crippen LogP contribution in [-0.2, 0) is 6.42 Å². The van der Waals surface area contributed by atoms with E-state index in [4.69, 9.17) is 5.26 Å². The zero-order valence-corrected chi connectivity index (χ0v) is 13.7. The Labute approximate surface area is 142 Å². The van der Waals surface area contributed by atoms with Gasteiger partial charge in [-0.2, -0.15) is 15.5 Å². The minimum absolute atomic E-state index is 0.0228. The molecule has 2 aromatic carbocycles. The summed E-state index contributed by atoms with van der Waals surface area (Å²) in [5.74, 6) is -0.552. The van der Waals surface area contributed by atoms with Crippen LogP contribution in [0.4, 0.5) is 4.39 Å². The predicted octanol–water partition coefficient (Wildman–Crippen LogP) is 4.88. The molecule has 2 aromatic rings. The van der Waals surface area contributed by atoms with E-state index in [0.717, 1.165) is 12.0 Å². The first-order valence-electron chi connectivity index (χ1n) is 8.08. The van der Waals surface area contributed by atoms with E-state index in [9.17, 15) is 4.39 Å². The van der Waals surface area contributed by atoms with Crippen LogP contribution in [0.25, 0.3) is 0 Å². The van der Waals surface area contributed by atoms with Crippen LogP contribution in [0.2, 0.25) is 0 Å². The van der Waals surface area contributed by atoms with Crippen molar-refractivity contribution in [3.05, 3.63) is 70.5 Å². The van der Waals surface area contributed by atoms with Crippen molar-refractivity contribution < 1.29 is 4.39 Å². The molecule has 0 N–H and O–H groups in total. The summed E-state index contributed by atoms with van der Waals surface area (Å²) in [5, 5.41) is 16.6. The molecule has 0 aliphatic carbocycles. The van der Waals surface area contributed by atoms with Gasteiger partial charge in [0.1, 0.15) is 11.9 Å². The molecule has 0 amide bonds. The maximum atomic E-state index is 13.5. The number of halogens is 1. The fourth-order valence-corrected chi connectivity index (χ4v) is 2.25. The lowest BCUT2D eigenvalue weighted by Crippen LogP contribution is -1.88. The molecule has 0 aliphatic rings. The molecule has 0 saturated heterocycles. The maximum Gasteiger partial charge on any atom is 0.141 e. The third-order valence-electron chi connectivity index (χ3n) is 3.64. The molecule has 0 fully saturated rings. The molecular weight excluding hydrogens is 301 g/mol. The van der Waals surface area contributed by atoms with Crippen molar-refractivity contribution in [1.29, 1.82) is 5.26 Å². The summed E-state index contributed by atoms with van der Waals surface area (Å²) in [6.45, 7) is 2.20. The summed E-state index contributed by atoms with van der Waals surface area (Å²) in [7, 11) is 0. The van der Waals surface area contributed by atoms with Gasteiger partial charge in [-0.05, 0) is 41.7 Å². The Kier molecular flexibility index (Phi) is 6.85. The molecule has 4 heteroatoms. The zero-order chi connectivity index (χ0) is 17.2. The quantitative estimate of drug-likeness (QED) is 0.407. The third kappa shape index (κ3) is 5.44. The molecule has 0 spiro atoms. The molecule has 0 unspecified atom stereocenters. The third-order valence-corrected chi connectivity index (χ3v) is 3.64. The van der Waals surface area contributed by atoms with Crippen LogP contribution in [0.15, 0.2) is 52.7 Å². The number of unbranched alkanes of at least 4 members (excludes halogenated alkanes) is 2. The average molecular weight is 321 g/mol. The minimum atomic E-state index is -0.552. The predicted molar refractivity (Wildman–Crippen MR) is 96.0 cm³/mol. The topological polar surface area (TPSA) is 48.5 Å². The summed E-state index contributed by atoms with van der Waals surface area (Å²) in [6.07, 6.45) is 7.93. The van der Waals surface area contributed by atoms with E-state index >= 15 is 0 Å². The van der Waals surface area contributed by atoms with Gasteiger partial charge in [0.25, 0.3) is 0 Å². The molecule has 0 saturated carbocycles. The Morgan fingerprint density at radius 2 is 1.67 bits per heavy atom. The highest BCUT2D eigenvalue weighted by atomic mass is 19.1. The number of hydrogen-bond donors (Lipinski definition) is 0. The molecular formula is C20H20FN3. The molecule has 0 aromatic heterocycles. The SMILES string of the molecule is CCCCCc1ccc(C=NN=Cc2ccc(C#N)c(F)c2)cc1. The highest BCUT2D eigenvalue weighted by Gasteiger charge is 2.00. The molecule has 0 heterocycles. The maximum absolute atomic E-state index is 13.5. The van der Waals surface area contributed by atoms with Crippen molar-refractivity contribution in [2.24, 2.45) is 10.2 Å². The van der Waals surface area contributed by atoms with Crippen LogP contribution in [0.5, 0.6) is 0 Å². The van der Waals surface area contributed by atoms with E-state index in [1.165, 1.54) is 43.2 Å². The summed E-state index contributed by atoms with van der Waals surface area (Å²) < 4.78 is 13.5. The number of nitrogens with zero attached hydrogens (tertiary/aromatic N) is 3. The summed E-state index contributed by atoms with van der Waals surface area (Å²) in [5.41, 5.74) is 2.89. The smallest absolute Gasteiger partial charge is 0.141 e. The van der Waals surface area contributed by atoms with E-state index in [1.54, 1.807) is 18.4 Å². The van der Waals surface area contributed by atoms with Crippen LogP contribution in [0, 0.1) is 17.1 Å². The second-order valence-corrected chi connectivity index (χ2v) is 5.54. The average Bonchev–Trinajstić information content (AvgIpc) is 2.60. The van der Waals surface area contributed by atoms with Gasteiger partial charge in [0, 0.05) is 0 Å².